The first-order chi connectivity index (χ1) is 21.8. The van der Waals surface area contributed by atoms with Gasteiger partial charge >= 0.3 is 5.97 Å². The Bertz CT molecular complexity index is 1820. The number of carbonyl (C=O) groups excluding carboxylic acids is 1. The second kappa shape index (κ2) is 14.9. The quantitative estimate of drug-likeness (QED) is 0.0891. The molecule has 5 aromatic rings. The van der Waals surface area contributed by atoms with Gasteiger partial charge in [-0.25, -0.2) is 9.78 Å². The Morgan fingerprint density at radius 2 is 1.98 bits per heavy atom. The monoisotopic (exact) mass is 712 g/mol. The van der Waals surface area contributed by atoms with Crippen molar-refractivity contribution in [3.8, 4) is 5.75 Å². The van der Waals surface area contributed by atoms with Crippen molar-refractivity contribution in [1.29, 1.82) is 0 Å². The van der Waals surface area contributed by atoms with Gasteiger partial charge in [0, 0.05) is 31.3 Å². The van der Waals surface area contributed by atoms with Crippen molar-refractivity contribution >= 4 is 68.1 Å². The van der Waals surface area contributed by atoms with Crippen LogP contribution >= 0.6 is 39.1 Å². The first-order valence-electron chi connectivity index (χ1n) is 14.2. The molecule has 10 nitrogen and oxygen atoms in total. The average Bonchev–Trinajstić information content (AvgIpc) is 3.69. The third kappa shape index (κ3) is 7.67. The molecule has 3 aromatic carbocycles. The number of fused-ring (bicyclic) bond motifs is 2. The van der Waals surface area contributed by atoms with E-state index in [4.69, 9.17) is 37.4 Å². The molecule has 0 saturated carbocycles. The summed E-state index contributed by atoms with van der Waals surface area (Å²) < 4.78 is 18.5. The zero-order valence-electron chi connectivity index (χ0n) is 24.8. The number of para-hydroxylation sites is 1. The van der Waals surface area contributed by atoms with Gasteiger partial charge in [-0.3, -0.25) is 4.40 Å². The molecule has 0 saturated heterocycles. The summed E-state index contributed by atoms with van der Waals surface area (Å²) in [6, 6.07) is 16.7. The normalized spacial score (nSPS) is 13.4. The average molecular weight is 714 g/mol. The topological polar surface area (TPSA) is 112 Å². The fraction of sp³-hybridized carbons (Fsp3) is 0.250. The number of nitrogens with one attached hydrogen (secondary N) is 2. The summed E-state index contributed by atoms with van der Waals surface area (Å²) in [5, 5.41) is 15.4. The summed E-state index contributed by atoms with van der Waals surface area (Å²) in [7, 11) is 0. The number of aryl methyl sites for hydroxylation is 1. The number of hydrogen-bond donors (Lipinski definition) is 2. The molecule has 1 aliphatic rings. The molecule has 45 heavy (non-hydrogen) atoms. The Hall–Kier alpha value is -3.90. The lowest BCUT2D eigenvalue weighted by atomic mass is 10.0. The number of rotatable bonds is 9. The van der Waals surface area contributed by atoms with Crippen molar-refractivity contribution < 1.29 is 19.0 Å². The number of carbonyl (C=O) groups is 1. The van der Waals surface area contributed by atoms with Gasteiger partial charge < -0.3 is 24.8 Å². The van der Waals surface area contributed by atoms with Crippen molar-refractivity contribution in [3.63, 3.8) is 0 Å². The third-order valence-corrected chi connectivity index (χ3v) is 8.31. The molecule has 0 radical (unpaired) electrons. The third-order valence-electron chi connectivity index (χ3n) is 6.94. The van der Waals surface area contributed by atoms with E-state index in [-0.39, 0.29) is 12.9 Å². The zero-order valence-corrected chi connectivity index (χ0v) is 27.9. The van der Waals surface area contributed by atoms with Crippen molar-refractivity contribution in [1.82, 2.24) is 19.6 Å². The molecule has 1 atom stereocenters. The summed E-state index contributed by atoms with van der Waals surface area (Å²) in [5.74, 6) is 1.22. The molecule has 2 aromatic heterocycles. The lowest BCUT2D eigenvalue weighted by molar-refractivity contribution is -0.0273. The van der Waals surface area contributed by atoms with Crippen molar-refractivity contribution in [3.05, 3.63) is 104 Å². The fourth-order valence-corrected chi connectivity index (χ4v) is 5.53. The van der Waals surface area contributed by atoms with Crippen LogP contribution in [0, 0.1) is 6.92 Å². The van der Waals surface area contributed by atoms with Crippen LogP contribution in [0.5, 0.6) is 5.75 Å². The van der Waals surface area contributed by atoms with Crippen LogP contribution in [-0.4, -0.2) is 45.1 Å². The van der Waals surface area contributed by atoms with E-state index in [1.54, 1.807) is 42.9 Å². The predicted octanol–water partition coefficient (Wildman–Crippen LogP) is 8.02. The summed E-state index contributed by atoms with van der Waals surface area (Å²) in [6.45, 7) is 6.86. The second-order valence-electron chi connectivity index (χ2n) is 10.1. The lowest BCUT2D eigenvalue weighted by Crippen LogP contribution is -2.11. The molecule has 234 valence electrons. The first kappa shape index (κ1) is 32.5. The highest BCUT2D eigenvalue weighted by Crippen LogP contribution is 2.36. The number of benzene rings is 3. The van der Waals surface area contributed by atoms with Crippen LogP contribution in [0.25, 0.3) is 5.65 Å². The van der Waals surface area contributed by atoms with Gasteiger partial charge in [0.05, 0.1) is 31.5 Å². The van der Waals surface area contributed by atoms with Gasteiger partial charge in [-0.2, -0.15) is 0 Å². The van der Waals surface area contributed by atoms with Crippen LogP contribution in [0.1, 0.15) is 40.9 Å². The van der Waals surface area contributed by atoms with E-state index in [1.807, 2.05) is 36.4 Å². The van der Waals surface area contributed by atoms with E-state index in [1.165, 1.54) is 11.1 Å². The van der Waals surface area contributed by atoms with Gasteiger partial charge in [0.25, 0.3) is 0 Å². The summed E-state index contributed by atoms with van der Waals surface area (Å²) in [4.78, 5) is 16.6. The largest absolute Gasteiger partial charge is 0.490 e. The van der Waals surface area contributed by atoms with Crippen LogP contribution in [0.2, 0.25) is 10.0 Å². The first-order valence-corrected chi connectivity index (χ1v) is 15.7. The van der Waals surface area contributed by atoms with E-state index < -0.39 is 5.97 Å². The molecule has 3 heterocycles. The van der Waals surface area contributed by atoms with Crippen LogP contribution in [-0.2, 0) is 22.4 Å². The number of ether oxygens (including phenoxy) is 3. The van der Waals surface area contributed by atoms with Gasteiger partial charge in [-0.1, -0.05) is 53.5 Å². The van der Waals surface area contributed by atoms with Gasteiger partial charge in [0.1, 0.15) is 18.2 Å². The summed E-state index contributed by atoms with van der Waals surface area (Å²) in [6.07, 6.45) is 4.57. The SMILES string of the molecule is CC1Cc2c(CNc3ncc(Br)c4nncn34)cccc2O1.CCOCOC(=O)c1ccccc1Nc1c(Cl)ccc(C)c1Cl. The molecule has 1 unspecified atom stereocenters. The Morgan fingerprint density at radius 3 is 2.80 bits per heavy atom. The minimum absolute atomic E-state index is 0.0877. The summed E-state index contributed by atoms with van der Waals surface area (Å²) in [5.41, 5.74) is 5.62. The molecule has 6 rings (SSSR count). The van der Waals surface area contributed by atoms with E-state index in [9.17, 15) is 4.79 Å². The van der Waals surface area contributed by atoms with E-state index in [2.05, 4.69) is 54.7 Å². The number of nitrogens with zero attached hydrogens (tertiary/aromatic N) is 4. The minimum Gasteiger partial charge on any atom is -0.490 e. The van der Waals surface area contributed by atoms with Crippen LogP contribution in [0.4, 0.5) is 17.3 Å². The van der Waals surface area contributed by atoms with E-state index in [0.29, 0.717) is 46.1 Å². The van der Waals surface area contributed by atoms with Gasteiger partial charge in [-0.15, -0.1) is 10.2 Å². The molecule has 0 spiro atoms. The highest BCUT2D eigenvalue weighted by atomic mass is 79.9. The highest BCUT2D eigenvalue weighted by Gasteiger charge is 2.21. The van der Waals surface area contributed by atoms with Crippen LogP contribution < -0.4 is 15.4 Å². The highest BCUT2D eigenvalue weighted by molar-refractivity contribution is 9.10. The fourth-order valence-electron chi connectivity index (χ4n) is 4.69. The number of esters is 1. The molecule has 0 aliphatic carbocycles. The van der Waals surface area contributed by atoms with Crippen LogP contribution in [0.3, 0.4) is 0 Å². The predicted molar refractivity (Wildman–Crippen MR) is 179 cm³/mol. The number of hydrogen-bond acceptors (Lipinski definition) is 9. The molecule has 0 fully saturated rings. The van der Waals surface area contributed by atoms with Crippen molar-refractivity contribution in [2.24, 2.45) is 0 Å². The van der Waals surface area contributed by atoms with Crippen LogP contribution in [0.15, 0.2) is 71.6 Å². The molecule has 2 N–H and O–H groups in total. The molecule has 1 aliphatic heterocycles. The number of aromatic nitrogens is 4. The Kier molecular flexibility index (Phi) is 10.8. The van der Waals surface area contributed by atoms with Gasteiger partial charge in [0.2, 0.25) is 5.95 Å². The number of halogens is 3. The second-order valence-corrected chi connectivity index (χ2v) is 11.7. The van der Waals surface area contributed by atoms with Crippen molar-refractivity contribution in [2.75, 3.05) is 24.0 Å². The standard InChI is InChI=1S/C17H17Cl2NO3.C15H14BrN5O/c1-3-22-10-23-17(21)12-6-4-5-7-14(12)20-16-13(18)9-8-11(2)15(16)19;1-9-5-11-10(3-2-4-13(11)22-9)6-17-15-18-7-12(16)14-20-19-8-21(14)15/h4-9,20H,3,10H2,1-2H3;2-4,7-9H,5-6H2,1H3,(H,17,18). The smallest absolute Gasteiger partial charge is 0.342 e. The Morgan fingerprint density at radius 1 is 1.16 bits per heavy atom. The molecular weight excluding hydrogens is 683 g/mol. The lowest BCUT2D eigenvalue weighted by Gasteiger charge is -2.15. The van der Waals surface area contributed by atoms with Gasteiger partial charge in [-0.05, 0) is 72.1 Å². The maximum atomic E-state index is 12.2. The minimum atomic E-state index is -0.485. The van der Waals surface area contributed by atoms with Gasteiger partial charge in [0.15, 0.2) is 12.4 Å². The Labute approximate surface area is 279 Å². The molecular formula is C32H31BrCl2N6O4. The molecule has 0 amide bonds. The zero-order chi connectivity index (χ0) is 31.9. The summed E-state index contributed by atoms with van der Waals surface area (Å²) >= 11 is 15.9. The molecule has 0 bridgehead atoms. The number of anilines is 3. The Balaban J connectivity index is 0.000000178. The molecule has 13 heteroatoms. The van der Waals surface area contributed by atoms with E-state index >= 15 is 0 Å². The maximum Gasteiger partial charge on any atom is 0.342 e. The van der Waals surface area contributed by atoms with E-state index in [0.717, 1.165) is 27.9 Å². The van der Waals surface area contributed by atoms with Crippen molar-refractivity contribution in [2.45, 2.75) is 39.8 Å². The maximum absolute atomic E-state index is 12.2.